The predicted molar refractivity (Wildman–Crippen MR) is 153 cm³/mol. The predicted octanol–water partition coefficient (Wildman–Crippen LogP) is -4.45. The first-order valence-corrected chi connectivity index (χ1v) is 15.3. The Morgan fingerprint density at radius 1 is 0.733 bits per heavy atom. The van der Waals surface area contributed by atoms with Gasteiger partial charge in [-0.05, 0) is 12.8 Å². The maximum absolute atomic E-state index is 12.0. The second-order valence-corrected chi connectivity index (χ2v) is 11.0. The molecule has 21 heteroatoms. The smallest absolute Gasteiger partial charge is 0.326 e. The lowest BCUT2D eigenvalue weighted by Gasteiger charge is -2.17. The summed E-state index contributed by atoms with van der Waals surface area (Å²) in [4.78, 5) is 81.9. The Labute approximate surface area is 259 Å². The minimum atomic E-state index is -4.44. The van der Waals surface area contributed by atoms with Crippen LogP contribution in [0, 0.1) is 5.92 Å². The minimum Gasteiger partial charge on any atom is -0.480 e. The van der Waals surface area contributed by atoms with Crippen molar-refractivity contribution in [1.82, 2.24) is 26.6 Å². The number of carbonyl (C=O) groups is 7. The molecule has 0 radical (unpaired) electrons. The standard InChI is InChI=1S/C24H42N6O14S/c1-15(14-45(40,41)42)22(35)30-17(24(38)39)3-4-18(31)27-8-9-43-10-11-44-13-21(34)29-16(23(36)37)2-5-19(32)28-12-20(33)26-7-6-25/h15-17H,2-14,25H2,1H3,(H,26,33)(H,27,31)(H,28,32)(H,29,34)(H,30,35)(H,36,37)(H,38,39)(H,40,41,42). The van der Waals surface area contributed by atoms with Gasteiger partial charge >= 0.3 is 11.9 Å². The average molecular weight is 671 g/mol. The van der Waals surface area contributed by atoms with Gasteiger partial charge in [0, 0.05) is 32.5 Å². The van der Waals surface area contributed by atoms with Crippen LogP contribution in [0.4, 0.5) is 0 Å². The molecule has 5 amide bonds. The van der Waals surface area contributed by atoms with Crippen LogP contribution in [-0.4, -0.2) is 135 Å². The quantitative estimate of drug-likeness (QED) is 0.0327. The summed E-state index contributed by atoms with van der Waals surface area (Å²) < 4.78 is 40.9. The third kappa shape index (κ3) is 22.3. The number of carboxylic acids is 2. The van der Waals surface area contributed by atoms with Crippen LogP contribution < -0.4 is 32.3 Å². The molecule has 0 rings (SSSR count). The number of hydrogen-bond acceptors (Lipinski definition) is 12. The molecule has 0 saturated heterocycles. The lowest BCUT2D eigenvalue weighted by molar-refractivity contribution is -0.143. The topological polar surface area (TPSA) is 319 Å². The maximum Gasteiger partial charge on any atom is 0.326 e. The van der Waals surface area contributed by atoms with Crippen LogP contribution in [0.5, 0.6) is 0 Å². The number of carbonyl (C=O) groups excluding carboxylic acids is 5. The molecule has 0 aliphatic carbocycles. The summed E-state index contributed by atoms with van der Waals surface area (Å²) >= 11 is 0. The molecular weight excluding hydrogens is 628 g/mol. The van der Waals surface area contributed by atoms with Crippen molar-refractivity contribution in [3.8, 4) is 0 Å². The second kappa shape index (κ2) is 22.6. The van der Waals surface area contributed by atoms with Gasteiger partial charge in [0.1, 0.15) is 18.7 Å². The molecule has 3 unspecified atom stereocenters. The highest BCUT2D eigenvalue weighted by molar-refractivity contribution is 7.85. The number of aliphatic carboxylic acids is 2. The average Bonchev–Trinajstić information content (AvgIpc) is 2.94. The highest BCUT2D eigenvalue weighted by Crippen LogP contribution is 2.04. The number of carboxylic acid groups (broad SMARTS) is 2. The molecule has 0 aromatic carbocycles. The summed E-state index contributed by atoms with van der Waals surface area (Å²) in [7, 11) is -4.44. The highest BCUT2D eigenvalue weighted by Gasteiger charge is 2.26. The molecule has 0 heterocycles. The summed E-state index contributed by atoms with van der Waals surface area (Å²) in [6.07, 6.45) is -1.06. The molecular formula is C24H42N6O14S. The van der Waals surface area contributed by atoms with E-state index >= 15 is 0 Å². The Morgan fingerprint density at radius 3 is 1.82 bits per heavy atom. The van der Waals surface area contributed by atoms with E-state index in [-0.39, 0.29) is 71.7 Å². The van der Waals surface area contributed by atoms with Crippen molar-refractivity contribution in [3.05, 3.63) is 0 Å². The van der Waals surface area contributed by atoms with E-state index in [1.807, 2.05) is 0 Å². The summed E-state index contributed by atoms with van der Waals surface area (Å²) in [6.45, 7) is 0.906. The number of rotatable bonds is 25. The SMILES string of the molecule is CC(CS(=O)(=O)O)C(=O)NC(CCC(=O)NCCOCCOCC(=O)NC(CCC(=O)NCC(=O)NCCN)C(=O)O)C(=O)O. The molecule has 0 fully saturated rings. The van der Waals surface area contributed by atoms with Crippen LogP contribution in [0.15, 0.2) is 0 Å². The van der Waals surface area contributed by atoms with Crippen LogP contribution in [0.2, 0.25) is 0 Å². The van der Waals surface area contributed by atoms with Crippen molar-refractivity contribution in [2.45, 2.75) is 44.7 Å². The number of amides is 5. The third-order valence-electron chi connectivity index (χ3n) is 5.56. The number of ether oxygens (including phenoxy) is 2. The zero-order valence-corrected chi connectivity index (χ0v) is 25.6. The van der Waals surface area contributed by atoms with Crippen LogP contribution >= 0.6 is 0 Å². The van der Waals surface area contributed by atoms with Gasteiger partial charge in [-0.3, -0.25) is 28.5 Å². The molecule has 0 bridgehead atoms. The Bertz CT molecular complexity index is 1120. The van der Waals surface area contributed by atoms with Crippen molar-refractivity contribution in [3.63, 3.8) is 0 Å². The maximum atomic E-state index is 12.0. The van der Waals surface area contributed by atoms with Crippen molar-refractivity contribution in [2.75, 3.05) is 58.4 Å². The lowest BCUT2D eigenvalue weighted by atomic mass is 10.1. The second-order valence-electron chi connectivity index (χ2n) is 9.51. The summed E-state index contributed by atoms with van der Waals surface area (Å²) in [5.41, 5.74) is 5.25. The molecule has 0 saturated carbocycles. The molecule has 10 N–H and O–H groups in total. The van der Waals surface area contributed by atoms with Gasteiger partial charge in [-0.25, -0.2) is 9.59 Å². The summed E-state index contributed by atoms with van der Waals surface area (Å²) in [5.74, 6) is -8.16. The van der Waals surface area contributed by atoms with Gasteiger partial charge in [0.15, 0.2) is 0 Å². The van der Waals surface area contributed by atoms with Crippen LogP contribution in [0.25, 0.3) is 0 Å². The zero-order chi connectivity index (χ0) is 34.4. The lowest BCUT2D eigenvalue weighted by Crippen LogP contribution is -2.45. The van der Waals surface area contributed by atoms with Crippen LogP contribution in [0.3, 0.4) is 0 Å². The fraction of sp³-hybridized carbons (Fsp3) is 0.708. The normalized spacial score (nSPS) is 13.0. The van der Waals surface area contributed by atoms with E-state index in [0.717, 1.165) is 0 Å². The Hall–Kier alpha value is -3.92. The first-order chi connectivity index (χ1) is 21.0. The van der Waals surface area contributed by atoms with Gasteiger partial charge in [-0.2, -0.15) is 8.42 Å². The van der Waals surface area contributed by atoms with E-state index in [9.17, 15) is 52.2 Å². The van der Waals surface area contributed by atoms with Crippen molar-refractivity contribution >= 4 is 51.6 Å². The largest absolute Gasteiger partial charge is 0.480 e. The van der Waals surface area contributed by atoms with E-state index in [2.05, 4.69) is 26.6 Å². The van der Waals surface area contributed by atoms with Gasteiger partial charge in [0.05, 0.1) is 38.0 Å². The molecule has 45 heavy (non-hydrogen) atoms. The molecule has 0 aliphatic heterocycles. The molecule has 0 aliphatic rings. The molecule has 0 spiro atoms. The van der Waals surface area contributed by atoms with Crippen molar-refractivity contribution in [1.29, 1.82) is 0 Å². The van der Waals surface area contributed by atoms with E-state index in [1.165, 1.54) is 6.92 Å². The number of nitrogens with one attached hydrogen (secondary N) is 5. The molecule has 3 atom stereocenters. The molecule has 0 aromatic rings. The minimum absolute atomic E-state index is 0.0133. The van der Waals surface area contributed by atoms with E-state index in [4.69, 9.17) is 19.8 Å². The van der Waals surface area contributed by atoms with E-state index in [1.54, 1.807) is 0 Å². The Morgan fingerprint density at radius 2 is 1.27 bits per heavy atom. The van der Waals surface area contributed by atoms with Gasteiger partial charge in [0.2, 0.25) is 29.5 Å². The highest BCUT2D eigenvalue weighted by atomic mass is 32.2. The molecule has 258 valence electrons. The summed E-state index contributed by atoms with van der Waals surface area (Å²) in [6, 6.07) is -2.83. The Kier molecular flexibility index (Phi) is 20.6. The number of hydrogen-bond donors (Lipinski definition) is 9. The van der Waals surface area contributed by atoms with Crippen LogP contribution in [0.1, 0.15) is 32.6 Å². The van der Waals surface area contributed by atoms with Gasteiger partial charge in [-0.15, -0.1) is 0 Å². The molecule has 0 aromatic heterocycles. The monoisotopic (exact) mass is 670 g/mol. The van der Waals surface area contributed by atoms with E-state index in [0.29, 0.717) is 0 Å². The van der Waals surface area contributed by atoms with Crippen LogP contribution in [-0.2, 0) is 53.2 Å². The van der Waals surface area contributed by atoms with Gasteiger partial charge in [0.25, 0.3) is 10.1 Å². The fourth-order valence-electron chi connectivity index (χ4n) is 3.28. The first-order valence-electron chi connectivity index (χ1n) is 13.7. The first kappa shape index (κ1) is 41.1. The number of nitrogens with two attached hydrogens (primary N) is 1. The summed E-state index contributed by atoms with van der Waals surface area (Å²) in [5, 5.41) is 30.1. The van der Waals surface area contributed by atoms with Crippen molar-refractivity contribution < 1.29 is 66.2 Å². The third-order valence-corrected chi connectivity index (χ3v) is 6.48. The van der Waals surface area contributed by atoms with Crippen molar-refractivity contribution in [2.24, 2.45) is 11.7 Å². The Balaban J connectivity index is 4.15. The van der Waals surface area contributed by atoms with E-state index < -0.39 is 82.0 Å². The zero-order valence-electron chi connectivity index (χ0n) is 24.7. The molecule has 20 nitrogen and oxygen atoms in total. The van der Waals surface area contributed by atoms with Gasteiger partial charge in [-0.1, -0.05) is 6.92 Å². The fourth-order valence-corrected chi connectivity index (χ4v) is 4.07. The van der Waals surface area contributed by atoms with Gasteiger partial charge < -0.3 is 52.0 Å².